The summed E-state index contributed by atoms with van der Waals surface area (Å²) in [6.45, 7) is 13.6. The van der Waals surface area contributed by atoms with E-state index in [0.717, 1.165) is 49.2 Å². The van der Waals surface area contributed by atoms with E-state index < -0.39 is 0 Å². The number of rotatable bonds is 10. The molecule has 2 heterocycles. The van der Waals surface area contributed by atoms with E-state index in [-0.39, 0.29) is 24.0 Å². The first kappa shape index (κ1) is 23.2. The minimum absolute atomic E-state index is 0. The van der Waals surface area contributed by atoms with E-state index in [1.807, 2.05) is 22.2 Å². The molecule has 0 spiro atoms. The first-order chi connectivity index (χ1) is 12.2. The van der Waals surface area contributed by atoms with Gasteiger partial charge in [-0.2, -0.15) is 0 Å². The molecule has 0 aliphatic heterocycles. The summed E-state index contributed by atoms with van der Waals surface area (Å²) >= 11 is 1.65. The number of nitrogens with zero attached hydrogens (tertiary/aromatic N) is 4. The smallest absolute Gasteiger partial charge is 0.193 e. The number of hydrogen-bond acceptors (Lipinski definition) is 4. The molecule has 148 valence electrons. The minimum Gasteiger partial charge on any atom is -0.357 e. The Kier molecular flexibility index (Phi) is 11.1. The third kappa shape index (κ3) is 7.40. The standard InChI is InChI=1S/C18H32N6S.HI/c1-5-19-17(21-15(4)9-8-10-23(6-2)7-3)20-13-16-14-24-11-12-25-18(24)22-16;/h11-12,14-15H,5-10,13H2,1-4H3,(H2,19,20,21);1H. The molecule has 0 aromatic carbocycles. The molecule has 2 aromatic heterocycles. The highest BCUT2D eigenvalue weighted by atomic mass is 127. The Morgan fingerprint density at radius 3 is 2.77 bits per heavy atom. The van der Waals surface area contributed by atoms with Crippen molar-refractivity contribution in [1.29, 1.82) is 0 Å². The van der Waals surface area contributed by atoms with Crippen molar-refractivity contribution in [1.82, 2.24) is 24.9 Å². The second-order valence-electron chi connectivity index (χ2n) is 6.23. The number of nitrogens with one attached hydrogen (secondary N) is 2. The van der Waals surface area contributed by atoms with Crippen LogP contribution in [0.5, 0.6) is 0 Å². The van der Waals surface area contributed by atoms with Gasteiger partial charge in [0.05, 0.1) is 12.2 Å². The van der Waals surface area contributed by atoms with Gasteiger partial charge in [-0.3, -0.25) is 4.40 Å². The van der Waals surface area contributed by atoms with Crippen LogP contribution in [0.2, 0.25) is 0 Å². The Balaban J connectivity index is 0.00000338. The van der Waals surface area contributed by atoms with Gasteiger partial charge in [-0.15, -0.1) is 35.3 Å². The Morgan fingerprint density at radius 1 is 1.35 bits per heavy atom. The fourth-order valence-corrected chi connectivity index (χ4v) is 3.52. The van der Waals surface area contributed by atoms with Crippen LogP contribution < -0.4 is 10.6 Å². The van der Waals surface area contributed by atoms with Gasteiger partial charge in [-0.1, -0.05) is 13.8 Å². The van der Waals surface area contributed by atoms with Crippen molar-refractivity contribution in [3.05, 3.63) is 23.5 Å². The lowest BCUT2D eigenvalue weighted by Gasteiger charge is -2.21. The molecular formula is C18H33IN6S. The van der Waals surface area contributed by atoms with Crippen molar-refractivity contribution >= 4 is 46.2 Å². The maximum Gasteiger partial charge on any atom is 0.193 e. The Hall–Kier alpha value is -0.870. The quantitative estimate of drug-likeness (QED) is 0.303. The lowest BCUT2D eigenvalue weighted by molar-refractivity contribution is 0.292. The Morgan fingerprint density at radius 2 is 2.12 bits per heavy atom. The molecule has 2 rings (SSSR count). The summed E-state index contributed by atoms with van der Waals surface area (Å²) in [5.41, 5.74) is 0.998. The SMILES string of the molecule is CCNC(=NCc1cn2ccsc2n1)NC(C)CCCN(CC)CC.I. The van der Waals surface area contributed by atoms with Gasteiger partial charge in [0.1, 0.15) is 0 Å². The van der Waals surface area contributed by atoms with Gasteiger partial charge in [0.2, 0.25) is 0 Å². The van der Waals surface area contributed by atoms with Crippen molar-refractivity contribution < 1.29 is 0 Å². The van der Waals surface area contributed by atoms with Crippen LogP contribution in [0.15, 0.2) is 22.8 Å². The van der Waals surface area contributed by atoms with Crippen LogP contribution in [-0.4, -0.2) is 52.5 Å². The van der Waals surface area contributed by atoms with Crippen LogP contribution in [-0.2, 0) is 6.54 Å². The topological polar surface area (TPSA) is 57.0 Å². The molecule has 0 saturated carbocycles. The molecule has 6 nitrogen and oxygen atoms in total. The number of imidazole rings is 1. The van der Waals surface area contributed by atoms with E-state index in [4.69, 9.17) is 0 Å². The summed E-state index contributed by atoms with van der Waals surface area (Å²) in [6.07, 6.45) is 6.42. The molecule has 0 bridgehead atoms. The van der Waals surface area contributed by atoms with Gasteiger partial charge in [0, 0.05) is 30.4 Å². The normalized spacial score (nSPS) is 13.0. The van der Waals surface area contributed by atoms with Gasteiger partial charge in [-0.25, -0.2) is 9.98 Å². The lowest BCUT2D eigenvalue weighted by Crippen LogP contribution is -2.42. The molecule has 2 aromatic rings. The molecule has 26 heavy (non-hydrogen) atoms. The zero-order chi connectivity index (χ0) is 18.1. The monoisotopic (exact) mass is 492 g/mol. The molecule has 0 radical (unpaired) electrons. The Bertz CT molecular complexity index is 620. The predicted molar refractivity (Wildman–Crippen MR) is 123 cm³/mol. The molecule has 0 fully saturated rings. The Labute approximate surface area is 178 Å². The van der Waals surface area contributed by atoms with Crippen LogP contribution in [0.4, 0.5) is 0 Å². The van der Waals surface area contributed by atoms with Crippen LogP contribution >= 0.6 is 35.3 Å². The molecule has 1 unspecified atom stereocenters. The number of hydrogen-bond donors (Lipinski definition) is 2. The third-order valence-electron chi connectivity index (χ3n) is 4.28. The third-order valence-corrected chi connectivity index (χ3v) is 5.05. The van der Waals surface area contributed by atoms with E-state index >= 15 is 0 Å². The van der Waals surface area contributed by atoms with Crippen molar-refractivity contribution in [3.8, 4) is 0 Å². The zero-order valence-electron chi connectivity index (χ0n) is 16.4. The van der Waals surface area contributed by atoms with E-state index in [9.17, 15) is 0 Å². The maximum absolute atomic E-state index is 4.69. The number of thiazole rings is 1. The predicted octanol–water partition coefficient (Wildman–Crippen LogP) is 3.58. The fraction of sp³-hybridized carbons (Fsp3) is 0.667. The number of guanidine groups is 1. The molecule has 0 saturated heterocycles. The van der Waals surface area contributed by atoms with E-state index in [0.29, 0.717) is 12.6 Å². The largest absolute Gasteiger partial charge is 0.357 e. The molecule has 8 heteroatoms. The zero-order valence-corrected chi connectivity index (χ0v) is 19.5. The van der Waals surface area contributed by atoms with Crippen molar-refractivity contribution in [2.75, 3.05) is 26.2 Å². The number of aromatic nitrogens is 2. The second-order valence-corrected chi connectivity index (χ2v) is 7.11. The van der Waals surface area contributed by atoms with Crippen LogP contribution in [0, 0.1) is 0 Å². The van der Waals surface area contributed by atoms with E-state index in [1.165, 1.54) is 6.42 Å². The van der Waals surface area contributed by atoms with Gasteiger partial charge >= 0.3 is 0 Å². The maximum atomic E-state index is 4.69. The van der Waals surface area contributed by atoms with Crippen LogP contribution in [0.1, 0.15) is 46.2 Å². The van der Waals surface area contributed by atoms with Gasteiger partial charge in [-0.05, 0) is 46.3 Å². The molecule has 2 N–H and O–H groups in total. The van der Waals surface area contributed by atoms with Crippen LogP contribution in [0.25, 0.3) is 4.96 Å². The molecule has 0 aliphatic carbocycles. The lowest BCUT2D eigenvalue weighted by atomic mass is 10.2. The summed E-state index contributed by atoms with van der Waals surface area (Å²) in [7, 11) is 0. The molecular weight excluding hydrogens is 459 g/mol. The molecule has 1 atom stereocenters. The average molecular weight is 492 g/mol. The summed E-state index contributed by atoms with van der Waals surface area (Å²) in [6, 6.07) is 0.402. The van der Waals surface area contributed by atoms with Crippen LogP contribution in [0.3, 0.4) is 0 Å². The number of aliphatic imine (C=N–C) groups is 1. The number of halogens is 1. The van der Waals surface area contributed by atoms with E-state index in [2.05, 4.69) is 53.2 Å². The van der Waals surface area contributed by atoms with Gasteiger partial charge in [0.15, 0.2) is 10.9 Å². The highest BCUT2D eigenvalue weighted by Gasteiger charge is 2.07. The highest BCUT2D eigenvalue weighted by molar-refractivity contribution is 14.0. The van der Waals surface area contributed by atoms with Crippen molar-refractivity contribution in [3.63, 3.8) is 0 Å². The van der Waals surface area contributed by atoms with Gasteiger partial charge < -0.3 is 15.5 Å². The van der Waals surface area contributed by atoms with Crippen molar-refractivity contribution in [2.45, 2.75) is 53.1 Å². The highest BCUT2D eigenvalue weighted by Crippen LogP contribution is 2.11. The van der Waals surface area contributed by atoms with Crippen molar-refractivity contribution in [2.24, 2.45) is 4.99 Å². The molecule has 0 aliphatic rings. The summed E-state index contributed by atoms with van der Waals surface area (Å²) in [5.74, 6) is 0.870. The summed E-state index contributed by atoms with van der Waals surface area (Å²) < 4.78 is 2.05. The van der Waals surface area contributed by atoms with E-state index in [1.54, 1.807) is 11.3 Å². The number of fused-ring (bicyclic) bond motifs is 1. The summed E-state index contributed by atoms with van der Waals surface area (Å²) in [5, 5.41) is 8.89. The second kappa shape index (κ2) is 12.5. The minimum atomic E-state index is 0. The summed E-state index contributed by atoms with van der Waals surface area (Å²) in [4.78, 5) is 12.8. The van der Waals surface area contributed by atoms with Gasteiger partial charge in [0.25, 0.3) is 0 Å². The first-order valence-electron chi connectivity index (χ1n) is 9.34. The fourth-order valence-electron chi connectivity index (χ4n) is 2.80. The first-order valence-corrected chi connectivity index (χ1v) is 10.2. The molecule has 0 amide bonds. The average Bonchev–Trinajstić information content (AvgIpc) is 3.18.